The number of hydrazone groups is 1. The van der Waals surface area contributed by atoms with Crippen molar-refractivity contribution in [3.63, 3.8) is 0 Å². The average Bonchev–Trinajstić information content (AvgIpc) is 3.03. The van der Waals surface area contributed by atoms with E-state index in [4.69, 9.17) is 4.42 Å². The van der Waals surface area contributed by atoms with Gasteiger partial charge in [-0.05, 0) is 19.9 Å². The molecule has 0 aliphatic rings. The van der Waals surface area contributed by atoms with Crippen LogP contribution in [0.15, 0.2) is 27.8 Å². The minimum atomic E-state index is -0.617. The molecule has 116 valence electrons. The molecular formula is C13H15N5O4. The summed E-state index contributed by atoms with van der Waals surface area (Å²) >= 11 is 0. The molecule has 0 aliphatic heterocycles. The highest BCUT2D eigenvalue weighted by molar-refractivity contribution is 5.88. The number of nitrogens with zero attached hydrogens (tertiary/aromatic N) is 4. The third-order valence-electron chi connectivity index (χ3n) is 2.72. The van der Waals surface area contributed by atoms with Crippen LogP contribution in [0.25, 0.3) is 11.5 Å². The second-order valence-electron chi connectivity index (χ2n) is 4.83. The number of hydrogen-bond donors (Lipinski definition) is 1. The van der Waals surface area contributed by atoms with Gasteiger partial charge in [0.1, 0.15) is 10.6 Å². The smallest absolute Gasteiger partial charge is 0.399 e. The van der Waals surface area contributed by atoms with Crippen molar-refractivity contribution in [2.75, 3.05) is 0 Å². The van der Waals surface area contributed by atoms with Crippen LogP contribution in [0.1, 0.15) is 32.4 Å². The van der Waals surface area contributed by atoms with Gasteiger partial charge in [-0.25, -0.2) is 5.43 Å². The van der Waals surface area contributed by atoms with Crippen LogP contribution in [-0.2, 0) is 4.79 Å². The topological polar surface area (TPSA) is 116 Å². The summed E-state index contributed by atoms with van der Waals surface area (Å²) in [6, 6.07) is 2.82. The van der Waals surface area contributed by atoms with E-state index in [1.54, 1.807) is 10.9 Å². The Morgan fingerprint density at radius 3 is 2.82 bits per heavy atom. The summed E-state index contributed by atoms with van der Waals surface area (Å²) in [4.78, 5) is 20.9. The van der Waals surface area contributed by atoms with Crippen LogP contribution in [0.2, 0.25) is 0 Å². The quantitative estimate of drug-likeness (QED) is 0.516. The van der Waals surface area contributed by atoms with Crippen molar-refractivity contribution in [1.82, 2.24) is 15.2 Å². The molecule has 9 nitrogen and oxygen atoms in total. The van der Waals surface area contributed by atoms with E-state index in [9.17, 15) is 14.9 Å². The van der Waals surface area contributed by atoms with E-state index in [2.05, 4.69) is 15.6 Å². The lowest BCUT2D eigenvalue weighted by Gasteiger charge is -2.02. The van der Waals surface area contributed by atoms with Gasteiger partial charge in [0.25, 0.3) is 0 Å². The summed E-state index contributed by atoms with van der Waals surface area (Å²) < 4.78 is 6.85. The predicted octanol–water partition coefficient (Wildman–Crippen LogP) is 2.10. The van der Waals surface area contributed by atoms with Gasteiger partial charge in [-0.15, -0.1) is 0 Å². The lowest BCUT2D eigenvalue weighted by Crippen LogP contribution is -2.12. The molecule has 22 heavy (non-hydrogen) atoms. The van der Waals surface area contributed by atoms with Crippen molar-refractivity contribution < 1.29 is 14.1 Å². The highest BCUT2D eigenvalue weighted by Gasteiger charge is 2.18. The number of aromatic nitrogens is 2. The van der Waals surface area contributed by atoms with E-state index in [-0.39, 0.29) is 23.6 Å². The van der Waals surface area contributed by atoms with E-state index >= 15 is 0 Å². The molecule has 0 spiro atoms. The van der Waals surface area contributed by atoms with E-state index < -0.39 is 4.92 Å². The van der Waals surface area contributed by atoms with Gasteiger partial charge >= 0.3 is 5.88 Å². The zero-order valence-electron chi connectivity index (χ0n) is 12.3. The molecule has 0 saturated carbocycles. The summed E-state index contributed by atoms with van der Waals surface area (Å²) in [6.45, 7) is 5.22. The van der Waals surface area contributed by atoms with E-state index in [1.165, 1.54) is 25.3 Å². The average molecular weight is 305 g/mol. The molecule has 0 saturated heterocycles. The maximum Gasteiger partial charge on any atom is 0.433 e. The Morgan fingerprint density at radius 2 is 2.27 bits per heavy atom. The minimum absolute atomic E-state index is 0.0895. The summed E-state index contributed by atoms with van der Waals surface area (Å²) in [5.41, 5.74) is 3.28. The van der Waals surface area contributed by atoms with Gasteiger partial charge in [0.15, 0.2) is 5.76 Å². The molecule has 2 heterocycles. The fourth-order valence-electron chi connectivity index (χ4n) is 1.70. The monoisotopic (exact) mass is 305 g/mol. The maximum absolute atomic E-state index is 10.8. The largest absolute Gasteiger partial charge is 0.433 e. The highest BCUT2D eigenvalue weighted by Crippen LogP contribution is 2.27. The van der Waals surface area contributed by atoms with Crippen molar-refractivity contribution in [3.8, 4) is 11.5 Å². The molecule has 1 amide bonds. The number of nitro groups is 1. The van der Waals surface area contributed by atoms with Crippen molar-refractivity contribution >= 4 is 18.0 Å². The Kier molecular flexibility index (Phi) is 4.35. The van der Waals surface area contributed by atoms with E-state index in [0.29, 0.717) is 11.3 Å². The minimum Gasteiger partial charge on any atom is -0.399 e. The molecule has 2 aromatic rings. The normalized spacial score (nSPS) is 11.3. The molecule has 0 fully saturated rings. The second kappa shape index (κ2) is 6.20. The molecule has 0 bridgehead atoms. The summed E-state index contributed by atoms with van der Waals surface area (Å²) in [5, 5.41) is 18.8. The SMILES string of the molecule is CC(=O)NN=Cc1cn(C(C)C)nc1-c1ccc([N+](=O)[O-])o1. The first-order valence-electron chi connectivity index (χ1n) is 6.52. The highest BCUT2D eigenvalue weighted by atomic mass is 16.6. The molecule has 0 atom stereocenters. The Balaban J connectivity index is 2.41. The molecule has 0 unspecified atom stereocenters. The molecule has 0 aliphatic carbocycles. The van der Waals surface area contributed by atoms with Crippen LogP contribution in [0.5, 0.6) is 0 Å². The van der Waals surface area contributed by atoms with Crippen molar-refractivity contribution in [2.45, 2.75) is 26.8 Å². The van der Waals surface area contributed by atoms with Crippen LogP contribution in [0.4, 0.5) is 5.88 Å². The first-order chi connectivity index (χ1) is 10.4. The first kappa shape index (κ1) is 15.4. The zero-order valence-corrected chi connectivity index (χ0v) is 12.3. The standard InChI is InChI=1S/C13H15N5O4/c1-8(2)17-7-10(6-14-15-9(3)19)13(16-17)11-4-5-12(22-11)18(20)21/h4-8H,1-3H3,(H,15,19). The van der Waals surface area contributed by atoms with Gasteiger partial charge < -0.3 is 4.42 Å². The predicted molar refractivity (Wildman–Crippen MR) is 78.4 cm³/mol. The third kappa shape index (κ3) is 3.37. The van der Waals surface area contributed by atoms with Gasteiger partial charge in [-0.3, -0.25) is 19.6 Å². The fraction of sp³-hybridized carbons (Fsp3) is 0.308. The van der Waals surface area contributed by atoms with Crippen LogP contribution < -0.4 is 5.43 Å². The Hall–Kier alpha value is -2.97. The Bertz CT molecular complexity index is 729. The molecular weight excluding hydrogens is 290 g/mol. The number of furan rings is 1. The second-order valence-corrected chi connectivity index (χ2v) is 4.83. The van der Waals surface area contributed by atoms with Crippen LogP contribution >= 0.6 is 0 Å². The van der Waals surface area contributed by atoms with Gasteiger partial charge in [0.2, 0.25) is 5.91 Å². The maximum atomic E-state index is 10.8. The van der Waals surface area contributed by atoms with Crippen molar-refractivity contribution in [3.05, 3.63) is 34.0 Å². The summed E-state index contributed by atoms with van der Waals surface area (Å²) in [5.74, 6) is -0.406. The number of carbonyl (C=O) groups excluding carboxylic acids is 1. The van der Waals surface area contributed by atoms with Crippen LogP contribution in [0, 0.1) is 10.1 Å². The number of rotatable bonds is 5. The van der Waals surface area contributed by atoms with E-state index in [1.807, 2.05) is 13.8 Å². The van der Waals surface area contributed by atoms with Gasteiger partial charge in [0, 0.05) is 24.7 Å². The van der Waals surface area contributed by atoms with Crippen LogP contribution in [-0.4, -0.2) is 26.8 Å². The van der Waals surface area contributed by atoms with Gasteiger partial charge in [-0.2, -0.15) is 10.2 Å². The number of hydrogen-bond acceptors (Lipinski definition) is 6. The Morgan fingerprint density at radius 1 is 1.55 bits per heavy atom. The number of carbonyl (C=O) groups is 1. The summed E-state index contributed by atoms with van der Waals surface area (Å²) in [6.07, 6.45) is 3.14. The number of nitrogens with one attached hydrogen (secondary N) is 1. The lowest BCUT2D eigenvalue weighted by atomic mass is 10.2. The van der Waals surface area contributed by atoms with Crippen molar-refractivity contribution in [1.29, 1.82) is 0 Å². The molecule has 2 aromatic heterocycles. The zero-order chi connectivity index (χ0) is 16.3. The summed E-state index contributed by atoms with van der Waals surface area (Å²) in [7, 11) is 0. The number of amides is 1. The van der Waals surface area contributed by atoms with Gasteiger partial charge in [-0.1, -0.05) is 0 Å². The molecule has 1 N–H and O–H groups in total. The molecule has 9 heteroatoms. The fourth-order valence-corrected chi connectivity index (χ4v) is 1.70. The molecule has 0 radical (unpaired) electrons. The van der Waals surface area contributed by atoms with E-state index in [0.717, 1.165) is 0 Å². The van der Waals surface area contributed by atoms with Gasteiger partial charge in [0.05, 0.1) is 12.3 Å². The third-order valence-corrected chi connectivity index (χ3v) is 2.72. The lowest BCUT2D eigenvalue weighted by molar-refractivity contribution is -0.401. The molecule has 2 rings (SSSR count). The first-order valence-corrected chi connectivity index (χ1v) is 6.52. The Labute approximate surface area is 125 Å². The van der Waals surface area contributed by atoms with Crippen molar-refractivity contribution in [2.24, 2.45) is 5.10 Å². The van der Waals surface area contributed by atoms with Crippen LogP contribution in [0.3, 0.4) is 0 Å². The molecule has 0 aromatic carbocycles.